The molecule has 0 amide bonds. The molecule has 0 bridgehead atoms. The lowest BCUT2D eigenvalue weighted by Crippen LogP contribution is -2.01. The molecule has 1 heterocycles. The number of carbonyl (C=O) groups is 1. The Morgan fingerprint density at radius 2 is 2.36 bits per heavy atom. The molecule has 4 nitrogen and oxygen atoms in total. The van der Waals surface area contributed by atoms with Crippen molar-refractivity contribution in [1.82, 2.24) is 10.2 Å². The molecule has 1 aromatic heterocycles. The van der Waals surface area contributed by atoms with Crippen LogP contribution in [0.15, 0.2) is 18.2 Å². The molecule has 1 aromatic carbocycles. The second kappa shape index (κ2) is 3.31. The maximum absolute atomic E-state index is 11.4. The van der Waals surface area contributed by atoms with Gasteiger partial charge in [0.05, 0.1) is 23.6 Å². The number of hydrogen-bond acceptors (Lipinski definition) is 3. The third-order valence-corrected chi connectivity index (χ3v) is 2.22. The predicted molar refractivity (Wildman–Crippen MR) is 52.4 cm³/mol. The van der Waals surface area contributed by atoms with Gasteiger partial charge in [-0.3, -0.25) is 5.10 Å². The number of ether oxygens (including phenoxy) is 1. The molecular weight excluding hydrogens is 204 g/mol. The van der Waals surface area contributed by atoms with Crippen molar-refractivity contribution < 1.29 is 9.53 Å². The lowest BCUT2D eigenvalue weighted by atomic mass is 10.1. The summed E-state index contributed by atoms with van der Waals surface area (Å²) in [6.07, 6.45) is 0. The molecule has 14 heavy (non-hydrogen) atoms. The van der Waals surface area contributed by atoms with Crippen LogP contribution in [-0.4, -0.2) is 23.3 Å². The first-order valence-electron chi connectivity index (χ1n) is 3.95. The van der Waals surface area contributed by atoms with Crippen LogP contribution in [0.3, 0.4) is 0 Å². The fourth-order valence-electron chi connectivity index (χ4n) is 1.31. The molecule has 72 valence electrons. The van der Waals surface area contributed by atoms with Crippen molar-refractivity contribution in [3.63, 3.8) is 0 Å². The summed E-state index contributed by atoms with van der Waals surface area (Å²) >= 11 is 5.85. The Morgan fingerprint density at radius 3 is 3.07 bits per heavy atom. The number of hydrogen-bond donors (Lipinski definition) is 1. The smallest absolute Gasteiger partial charge is 0.338 e. The highest BCUT2D eigenvalue weighted by atomic mass is 35.5. The third kappa shape index (κ3) is 1.24. The fraction of sp³-hybridized carbons (Fsp3) is 0.111. The molecular formula is C9H7ClN2O2. The van der Waals surface area contributed by atoms with Gasteiger partial charge in [-0.2, -0.15) is 5.10 Å². The van der Waals surface area contributed by atoms with Gasteiger partial charge in [0.25, 0.3) is 0 Å². The number of aromatic amines is 1. The summed E-state index contributed by atoms with van der Waals surface area (Å²) in [5, 5.41) is 7.48. The molecule has 0 unspecified atom stereocenters. The van der Waals surface area contributed by atoms with E-state index in [0.717, 1.165) is 0 Å². The largest absolute Gasteiger partial charge is 0.465 e. The Kier molecular flexibility index (Phi) is 2.13. The van der Waals surface area contributed by atoms with Gasteiger partial charge >= 0.3 is 5.97 Å². The highest BCUT2D eigenvalue weighted by Gasteiger charge is 2.14. The zero-order valence-electron chi connectivity index (χ0n) is 7.37. The average molecular weight is 211 g/mol. The van der Waals surface area contributed by atoms with Gasteiger partial charge in [0.2, 0.25) is 0 Å². The maximum atomic E-state index is 11.4. The van der Waals surface area contributed by atoms with Crippen LogP contribution in [0.4, 0.5) is 0 Å². The third-order valence-electron chi connectivity index (χ3n) is 1.94. The van der Waals surface area contributed by atoms with E-state index >= 15 is 0 Å². The number of carbonyl (C=O) groups excluding carboxylic acids is 1. The molecule has 0 radical (unpaired) electrons. The predicted octanol–water partition coefficient (Wildman–Crippen LogP) is 2.00. The van der Waals surface area contributed by atoms with Crippen LogP contribution in [0, 0.1) is 0 Å². The molecule has 0 fully saturated rings. The van der Waals surface area contributed by atoms with Crippen molar-refractivity contribution in [3.8, 4) is 0 Å². The van der Waals surface area contributed by atoms with Crippen molar-refractivity contribution in [1.29, 1.82) is 0 Å². The maximum Gasteiger partial charge on any atom is 0.338 e. The van der Waals surface area contributed by atoms with Crippen LogP contribution >= 0.6 is 11.6 Å². The SMILES string of the molecule is COC(=O)c1cccc2n[nH]c(Cl)c12. The Labute approximate surface area is 84.8 Å². The highest BCUT2D eigenvalue weighted by Crippen LogP contribution is 2.24. The van der Waals surface area contributed by atoms with E-state index in [0.29, 0.717) is 21.6 Å². The topological polar surface area (TPSA) is 55.0 Å². The number of halogens is 1. The summed E-state index contributed by atoms with van der Waals surface area (Å²) < 4.78 is 4.63. The number of fused-ring (bicyclic) bond motifs is 1. The van der Waals surface area contributed by atoms with Crippen LogP contribution < -0.4 is 0 Å². The molecule has 0 aliphatic heterocycles. The molecule has 2 aromatic rings. The van der Waals surface area contributed by atoms with E-state index in [9.17, 15) is 4.79 Å². The van der Waals surface area contributed by atoms with Crippen LogP contribution in [0.25, 0.3) is 10.9 Å². The van der Waals surface area contributed by atoms with E-state index in [1.54, 1.807) is 18.2 Å². The van der Waals surface area contributed by atoms with E-state index in [1.165, 1.54) is 7.11 Å². The standard InChI is InChI=1S/C9H7ClN2O2/c1-14-9(13)5-3-2-4-6-7(5)8(10)12-11-6/h2-4H,1H3,(H,11,12). The Morgan fingerprint density at radius 1 is 1.57 bits per heavy atom. The lowest BCUT2D eigenvalue weighted by Gasteiger charge is -1.99. The zero-order chi connectivity index (χ0) is 10.1. The Bertz CT molecular complexity index is 493. The molecule has 1 N–H and O–H groups in total. The van der Waals surface area contributed by atoms with Gasteiger partial charge in [-0.05, 0) is 12.1 Å². The molecule has 0 aliphatic rings. The summed E-state index contributed by atoms with van der Waals surface area (Å²) in [5.74, 6) is -0.418. The minimum Gasteiger partial charge on any atom is -0.465 e. The van der Waals surface area contributed by atoms with E-state index < -0.39 is 5.97 Å². The average Bonchev–Trinajstić information content (AvgIpc) is 2.59. The van der Waals surface area contributed by atoms with Crippen molar-refractivity contribution in [2.75, 3.05) is 7.11 Å². The molecule has 2 rings (SSSR count). The van der Waals surface area contributed by atoms with E-state index in [2.05, 4.69) is 14.9 Å². The molecule has 0 atom stereocenters. The van der Waals surface area contributed by atoms with Gasteiger partial charge in [-0.25, -0.2) is 4.79 Å². The first-order chi connectivity index (χ1) is 6.74. The number of H-pyrrole nitrogens is 1. The minimum atomic E-state index is -0.418. The number of nitrogens with one attached hydrogen (secondary N) is 1. The zero-order valence-corrected chi connectivity index (χ0v) is 8.13. The molecule has 0 saturated heterocycles. The summed E-state index contributed by atoms with van der Waals surface area (Å²) in [4.78, 5) is 11.4. The number of esters is 1. The van der Waals surface area contributed by atoms with E-state index in [1.807, 2.05) is 0 Å². The lowest BCUT2D eigenvalue weighted by molar-refractivity contribution is 0.0603. The molecule has 5 heteroatoms. The summed E-state index contributed by atoms with van der Waals surface area (Å²) in [6.45, 7) is 0. The minimum absolute atomic E-state index is 0.348. The van der Waals surface area contributed by atoms with E-state index in [-0.39, 0.29) is 0 Å². The van der Waals surface area contributed by atoms with Gasteiger partial charge in [0.1, 0.15) is 5.15 Å². The summed E-state index contributed by atoms with van der Waals surface area (Å²) in [6, 6.07) is 5.14. The van der Waals surface area contributed by atoms with Crippen LogP contribution in [0.2, 0.25) is 5.15 Å². The van der Waals surface area contributed by atoms with Gasteiger partial charge in [0.15, 0.2) is 0 Å². The number of rotatable bonds is 1. The number of benzene rings is 1. The van der Waals surface area contributed by atoms with Gasteiger partial charge in [0, 0.05) is 0 Å². The quantitative estimate of drug-likeness (QED) is 0.733. The summed E-state index contributed by atoms with van der Waals surface area (Å²) in [5.41, 5.74) is 1.07. The monoisotopic (exact) mass is 210 g/mol. The highest BCUT2D eigenvalue weighted by molar-refractivity contribution is 6.35. The van der Waals surface area contributed by atoms with Crippen LogP contribution in [0.1, 0.15) is 10.4 Å². The van der Waals surface area contributed by atoms with Crippen LogP contribution in [0.5, 0.6) is 0 Å². The first-order valence-corrected chi connectivity index (χ1v) is 4.32. The van der Waals surface area contributed by atoms with Crippen molar-refractivity contribution in [2.24, 2.45) is 0 Å². The number of methoxy groups -OCH3 is 1. The molecule has 0 spiro atoms. The molecule has 0 aliphatic carbocycles. The Balaban J connectivity index is 2.75. The van der Waals surface area contributed by atoms with Crippen molar-refractivity contribution >= 4 is 28.5 Å². The van der Waals surface area contributed by atoms with Gasteiger partial charge in [-0.1, -0.05) is 17.7 Å². The number of nitrogens with zero attached hydrogens (tertiary/aromatic N) is 1. The van der Waals surface area contributed by atoms with Crippen LogP contribution in [-0.2, 0) is 4.74 Å². The van der Waals surface area contributed by atoms with Crippen molar-refractivity contribution in [2.45, 2.75) is 0 Å². The summed E-state index contributed by atoms with van der Waals surface area (Å²) in [7, 11) is 1.33. The van der Waals surface area contributed by atoms with Gasteiger partial charge < -0.3 is 4.74 Å². The van der Waals surface area contributed by atoms with E-state index in [4.69, 9.17) is 11.6 Å². The fourth-order valence-corrected chi connectivity index (χ4v) is 1.55. The first kappa shape index (κ1) is 9.02. The second-order valence-electron chi connectivity index (χ2n) is 2.73. The van der Waals surface area contributed by atoms with Gasteiger partial charge in [-0.15, -0.1) is 0 Å². The molecule has 0 saturated carbocycles. The Hall–Kier alpha value is -1.55. The van der Waals surface area contributed by atoms with Crippen molar-refractivity contribution in [3.05, 3.63) is 28.9 Å². The number of aromatic nitrogens is 2. The normalized spacial score (nSPS) is 10.4. The second-order valence-corrected chi connectivity index (χ2v) is 3.11.